The summed E-state index contributed by atoms with van der Waals surface area (Å²) in [5.74, 6) is -0.374. The summed E-state index contributed by atoms with van der Waals surface area (Å²) in [7, 11) is 3.90. The van der Waals surface area contributed by atoms with Gasteiger partial charge in [0, 0.05) is 26.1 Å². The molecule has 0 aromatic rings. The quantitative estimate of drug-likeness (QED) is 0.154. The van der Waals surface area contributed by atoms with Gasteiger partial charge < -0.3 is 14.5 Å². The number of hydrogen-bond donors (Lipinski definition) is 0. The van der Waals surface area contributed by atoms with Gasteiger partial charge in [-0.3, -0.25) is 9.59 Å². The molecule has 1 atom stereocenters. The van der Waals surface area contributed by atoms with Gasteiger partial charge in [0.15, 0.2) is 0 Å². The Bertz CT molecular complexity index is 482. The monoisotopic (exact) mass is 452 g/mol. The van der Waals surface area contributed by atoms with E-state index >= 15 is 0 Å². The standard InChI is InChI=1S/C27H52N2O3/c1-4-5-6-7-8-9-10-11-12-13-14-15-16-17-18-19-20-29-24-25(23-26(29)30)27(31)32-22-21-28(2)3/h25H,4-24H2,1-3H3. The fourth-order valence-corrected chi connectivity index (χ4v) is 4.44. The second kappa shape index (κ2) is 19.4. The maximum atomic E-state index is 12.2. The number of carbonyl (C=O) groups is 2. The van der Waals surface area contributed by atoms with Crippen molar-refractivity contribution >= 4 is 11.9 Å². The highest BCUT2D eigenvalue weighted by Gasteiger charge is 2.34. The van der Waals surface area contributed by atoms with E-state index in [0.717, 1.165) is 19.5 Å². The number of amides is 1. The third-order valence-corrected chi connectivity index (χ3v) is 6.61. The van der Waals surface area contributed by atoms with Gasteiger partial charge in [0.2, 0.25) is 5.91 Å². The van der Waals surface area contributed by atoms with E-state index in [4.69, 9.17) is 4.74 Å². The third kappa shape index (κ3) is 14.9. The lowest BCUT2D eigenvalue weighted by Gasteiger charge is -2.16. The van der Waals surface area contributed by atoms with Crippen molar-refractivity contribution in [1.29, 1.82) is 0 Å². The second-order valence-corrected chi connectivity index (χ2v) is 10.0. The SMILES string of the molecule is CCCCCCCCCCCCCCCCCCN1CC(C(=O)OCCN(C)C)CC1=O. The minimum atomic E-state index is -0.272. The summed E-state index contributed by atoms with van der Waals surface area (Å²) in [5, 5.41) is 0. The fraction of sp³-hybridized carbons (Fsp3) is 0.926. The molecule has 5 heteroatoms. The van der Waals surface area contributed by atoms with Crippen LogP contribution in [0.2, 0.25) is 0 Å². The molecule has 0 radical (unpaired) electrons. The molecule has 1 saturated heterocycles. The van der Waals surface area contributed by atoms with Crippen LogP contribution < -0.4 is 0 Å². The van der Waals surface area contributed by atoms with Crippen molar-refractivity contribution in [2.24, 2.45) is 5.92 Å². The van der Waals surface area contributed by atoms with Crippen LogP contribution in [0.3, 0.4) is 0 Å². The Morgan fingerprint density at radius 2 is 1.31 bits per heavy atom. The summed E-state index contributed by atoms with van der Waals surface area (Å²) in [6, 6.07) is 0. The average Bonchev–Trinajstić information content (AvgIpc) is 3.13. The molecule has 188 valence electrons. The van der Waals surface area contributed by atoms with Gasteiger partial charge in [-0.1, -0.05) is 103 Å². The van der Waals surface area contributed by atoms with Crippen molar-refractivity contribution in [3.63, 3.8) is 0 Å². The maximum Gasteiger partial charge on any atom is 0.311 e. The van der Waals surface area contributed by atoms with Crippen molar-refractivity contribution in [3.05, 3.63) is 0 Å². The summed E-state index contributed by atoms with van der Waals surface area (Å²) in [4.78, 5) is 28.1. The molecular formula is C27H52N2O3. The first-order valence-corrected chi connectivity index (χ1v) is 13.6. The highest BCUT2D eigenvalue weighted by molar-refractivity contribution is 5.86. The summed E-state index contributed by atoms with van der Waals surface area (Å²) in [5.41, 5.74) is 0. The lowest BCUT2D eigenvalue weighted by molar-refractivity contribution is -0.148. The van der Waals surface area contributed by atoms with Crippen LogP contribution >= 0.6 is 0 Å². The molecule has 0 aromatic heterocycles. The van der Waals surface area contributed by atoms with E-state index in [-0.39, 0.29) is 17.8 Å². The van der Waals surface area contributed by atoms with Crippen molar-refractivity contribution in [3.8, 4) is 0 Å². The first kappa shape index (κ1) is 28.9. The van der Waals surface area contributed by atoms with Crippen molar-refractivity contribution in [2.75, 3.05) is 40.3 Å². The Hall–Kier alpha value is -1.10. The van der Waals surface area contributed by atoms with Gasteiger partial charge in [0.25, 0.3) is 0 Å². The smallest absolute Gasteiger partial charge is 0.311 e. The zero-order valence-corrected chi connectivity index (χ0v) is 21.5. The molecule has 1 unspecified atom stereocenters. The van der Waals surface area contributed by atoms with Gasteiger partial charge in [-0.05, 0) is 20.5 Å². The fourth-order valence-electron chi connectivity index (χ4n) is 4.44. The molecule has 0 saturated carbocycles. The summed E-state index contributed by atoms with van der Waals surface area (Å²) < 4.78 is 5.31. The van der Waals surface area contributed by atoms with E-state index in [2.05, 4.69) is 6.92 Å². The lowest BCUT2D eigenvalue weighted by Crippen LogP contribution is -2.28. The van der Waals surface area contributed by atoms with Crippen LogP contribution in [0.5, 0.6) is 0 Å². The molecule has 0 bridgehead atoms. The lowest BCUT2D eigenvalue weighted by atomic mass is 10.0. The van der Waals surface area contributed by atoms with E-state index in [1.165, 1.54) is 96.3 Å². The van der Waals surface area contributed by atoms with Gasteiger partial charge in [-0.25, -0.2) is 0 Å². The van der Waals surface area contributed by atoms with Crippen LogP contribution in [0.4, 0.5) is 0 Å². The van der Waals surface area contributed by atoms with Gasteiger partial charge in [0.1, 0.15) is 6.61 Å². The number of rotatable bonds is 21. The number of likely N-dealkylation sites (tertiary alicyclic amines) is 1. The minimum Gasteiger partial charge on any atom is -0.464 e. The van der Waals surface area contributed by atoms with Crippen LogP contribution in [-0.4, -0.2) is 62.0 Å². The maximum absolute atomic E-state index is 12.2. The molecule has 1 rings (SSSR count). The number of carbonyl (C=O) groups excluding carboxylic acids is 2. The Labute approximate surface area is 198 Å². The summed E-state index contributed by atoms with van der Waals surface area (Å²) in [6.07, 6.45) is 22.0. The van der Waals surface area contributed by atoms with E-state index in [1.54, 1.807) is 0 Å². The van der Waals surface area contributed by atoms with Crippen molar-refractivity contribution < 1.29 is 14.3 Å². The topological polar surface area (TPSA) is 49.9 Å². The molecule has 1 heterocycles. The summed E-state index contributed by atoms with van der Waals surface area (Å²) >= 11 is 0. The van der Waals surface area contributed by atoms with E-state index < -0.39 is 0 Å². The predicted molar refractivity (Wildman–Crippen MR) is 134 cm³/mol. The molecule has 1 aliphatic heterocycles. The zero-order valence-electron chi connectivity index (χ0n) is 21.5. The number of unbranched alkanes of at least 4 members (excludes halogenated alkanes) is 15. The molecule has 32 heavy (non-hydrogen) atoms. The van der Waals surface area contributed by atoms with Crippen LogP contribution in [0.1, 0.15) is 116 Å². The van der Waals surface area contributed by atoms with Gasteiger partial charge >= 0.3 is 5.97 Å². The average molecular weight is 453 g/mol. The van der Waals surface area contributed by atoms with Crippen molar-refractivity contribution in [2.45, 2.75) is 116 Å². The molecule has 0 aliphatic carbocycles. The highest BCUT2D eigenvalue weighted by atomic mass is 16.5. The molecule has 0 N–H and O–H groups in total. The Morgan fingerprint density at radius 1 is 0.844 bits per heavy atom. The van der Waals surface area contributed by atoms with E-state index in [0.29, 0.717) is 19.6 Å². The molecule has 5 nitrogen and oxygen atoms in total. The highest BCUT2D eigenvalue weighted by Crippen LogP contribution is 2.20. The molecule has 0 aromatic carbocycles. The molecule has 0 spiro atoms. The third-order valence-electron chi connectivity index (χ3n) is 6.61. The Balaban J connectivity index is 1.89. The molecular weight excluding hydrogens is 400 g/mol. The van der Waals surface area contributed by atoms with Crippen molar-refractivity contribution in [1.82, 2.24) is 9.80 Å². The van der Waals surface area contributed by atoms with Crippen LogP contribution in [0, 0.1) is 5.92 Å². The normalized spacial score (nSPS) is 16.3. The first-order chi connectivity index (χ1) is 15.5. The first-order valence-electron chi connectivity index (χ1n) is 13.6. The Morgan fingerprint density at radius 3 is 1.78 bits per heavy atom. The van der Waals surface area contributed by atoms with Crippen LogP contribution in [0.25, 0.3) is 0 Å². The van der Waals surface area contributed by atoms with Gasteiger partial charge in [0.05, 0.1) is 5.92 Å². The minimum absolute atomic E-state index is 0.112. The number of likely N-dealkylation sites (N-methyl/N-ethyl adjacent to an activating group) is 1. The number of ether oxygens (including phenoxy) is 1. The van der Waals surface area contributed by atoms with Crippen LogP contribution in [-0.2, 0) is 14.3 Å². The Kier molecular flexibility index (Phi) is 17.5. The largest absolute Gasteiger partial charge is 0.464 e. The van der Waals surface area contributed by atoms with Gasteiger partial charge in [-0.2, -0.15) is 0 Å². The number of hydrogen-bond acceptors (Lipinski definition) is 4. The summed E-state index contributed by atoms with van der Waals surface area (Å²) in [6.45, 7) is 4.73. The number of nitrogens with zero attached hydrogens (tertiary/aromatic N) is 2. The predicted octanol–water partition coefficient (Wildman–Crippen LogP) is 6.20. The van der Waals surface area contributed by atoms with E-state index in [1.807, 2.05) is 23.9 Å². The zero-order chi connectivity index (χ0) is 23.4. The molecule has 1 aliphatic rings. The molecule has 1 fully saturated rings. The number of esters is 1. The van der Waals surface area contributed by atoms with Gasteiger partial charge in [-0.15, -0.1) is 0 Å². The van der Waals surface area contributed by atoms with E-state index in [9.17, 15) is 9.59 Å². The second-order valence-electron chi connectivity index (χ2n) is 10.0. The molecule has 1 amide bonds. The van der Waals surface area contributed by atoms with Crippen LogP contribution in [0.15, 0.2) is 0 Å².